The highest BCUT2D eigenvalue weighted by Gasteiger charge is 2.24. The molecule has 4 rings (SSSR count). The molecule has 1 amide bonds. The number of fused-ring (bicyclic) bond motifs is 1. The van der Waals surface area contributed by atoms with Crippen molar-refractivity contribution < 1.29 is 9.90 Å². The van der Waals surface area contributed by atoms with Crippen molar-refractivity contribution in [2.24, 2.45) is 5.92 Å². The Morgan fingerprint density at radius 1 is 1.26 bits per heavy atom. The second kappa shape index (κ2) is 9.62. The van der Waals surface area contributed by atoms with Gasteiger partial charge in [-0.3, -0.25) is 4.79 Å². The fourth-order valence-electron chi connectivity index (χ4n) is 4.07. The lowest BCUT2D eigenvalue weighted by Crippen LogP contribution is -2.39. The van der Waals surface area contributed by atoms with E-state index in [9.17, 15) is 9.90 Å². The molecule has 1 aliphatic rings. The Morgan fingerprint density at radius 3 is 2.94 bits per heavy atom. The smallest absolute Gasteiger partial charge is 0.255 e. The number of carbonyl (C=O) groups excluding carboxylic acids is 1. The van der Waals surface area contributed by atoms with E-state index in [4.69, 9.17) is 0 Å². The molecule has 3 aromatic rings. The monoisotopic (exact) mass is 439 g/mol. The predicted molar refractivity (Wildman–Crippen MR) is 126 cm³/mol. The normalized spacial score (nSPS) is 18.8. The first-order valence-corrected chi connectivity index (χ1v) is 11.7. The lowest BCUT2D eigenvalue weighted by Gasteiger charge is -2.29. The molecule has 0 spiro atoms. The Labute approximate surface area is 186 Å². The number of benzene rings is 1. The number of hydrogen-bond acceptors (Lipinski definition) is 7. The molecule has 0 aliphatic heterocycles. The van der Waals surface area contributed by atoms with Crippen LogP contribution in [0.5, 0.6) is 0 Å². The van der Waals surface area contributed by atoms with Crippen LogP contribution in [0.4, 0.5) is 17.2 Å². The predicted octanol–water partition coefficient (Wildman–Crippen LogP) is 4.54. The van der Waals surface area contributed by atoms with Crippen LogP contribution in [0, 0.1) is 5.92 Å². The molecule has 8 heteroatoms. The first kappa shape index (κ1) is 21.5. The summed E-state index contributed by atoms with van der Waals surface area (Å²) in [6, 6.07) is 8.14. The second-order valence-electron chi connectivity index (χ2n) is 8.46. The molecule has 1 aromatic carbocycles. The number of aliphatic hydroxyl groups is 1. The van der Waals surface area contributed by atoms with Gasteiger partial charge in [0.15, 0.2) is 0 Å². The zero-order valence-corrected chi connectivity index (χ0v) is 18.7. The third-order valence-electron chi connectivity index (χ3n) is 5.57. The van der Waals surface area contributed by atoms with Crippen molar-refractivity contribution in [2.75, 3.05) is 17.2 Å². The molecule has 2 atom stereocenters. The van der Waals surface area contributed by atoms with Crippen molar-refractivity contribution in [1.82, 2.24) is 15.3 Å². The van der Waals surface area contributed by atoms with E-state index in [-0.39, 0.29) is 30.5 Å². The summed E-state index contributed by atoms with van der Waals surface area (Å²) >= 11 is 1.60. The molecule has 164 valence electrons. The number of nitrogens with one attached hydrogen (secondary N) is 3. The summed E-state index contributed by atoms with van der Waals surface area (Å²) in [5.74, 6) is 0.811. The van der Waals surface area contributed by atoms with Crippen LogP contribution < -0.4 is 16.0 Å². The third kappa shape index (κ3) is 5.32. The zero-order valence-electron chi connectivity index (χ0n) is 17.9. The molecule has 1 fully saturated rings. The second-order valence-corrected chi connectivity index (χ2v) is 9.35. The minimum absolute atomic E-state index is 0.0919. The van der Waals surface area contributed by atoms with Gasteiger partial charge in [-0.25, -0.2) is 9.97 Å². The van der Waals surface area contributed by atoms with Gasteiger partial charge in [0, 0.05) is 36.6 Å². The summed E-state index contributed by atoms with van der Waals surface area (Å²) in [6.45, 7) is 4.27. The van der Waals surface area contributed by atoms with Crippen LogP contribution >= 0.6 is 11.3 Å². The molecule has 4 N–H and O–H groups in total. The SMILES string of the molecule is CC(C)Nc1cc(Nc2ccc3ncsc3c2)ncc1C(=O)NC1CCCC(CO)C1. The maximum atomic E-state index is 13.0. The maximum Gasteiger partial charge on any atom is 0.255 e. The van der Waals surface area contributed by atoms with Gasteiger partial charge < -0.3 is 21.1 Å². The van der Waals surface area contributed by atoms with Gasteiger partial charge in [0.25, 0.3) is 5.91 Å². The molecule has 2 aromatic heterocycles. The van der Waals surface area contributed by atoms with Crippen LogP contribution in [0.3, 0.4) is 0 Å². The molecular weight excluding hydrogens is 410 g/mol. The summed E-state index contributed by atoms with van der Waals surface area (Å²) < 4.78 is 1.11. The quantitative estimate of drug-likeness (QED) is 0.431. The molecule has 1 saturated carbocycles. The lowest BCUT2D eigenvalue weighted by molar-refractivity contribution is 0.0906. The van der Waals surface area contributed by atoms with E-state index in [1.165, 1.54) is 0 Å². The number of thiazole rings is 1. The Morgan fingerprint density at radius 2 is 2.13 bits per heavy atom. The number of hydrogen-bond donors (Lipinski definition) is 4. The van der Waals surface area contributed by atoms with Crippen molar-refractivity contribution >= 4 is 44.7 Å². The van der Waals surface area contributed by atoms with Crippen molar-refractivity contribution in [1.29, 1.82) is 0 Å². The molecule has 31 heavy (non-hydrogen) atoms. The molecule has 0 radical (unpaired) electrons. The minimum atomic E-state index is -0.128. The van der Waals surface area contributed by atoms with Crippen LogP contribution in [-0.2, 0) is 0 Å². The lowest BCUT2D eigenvalue weighted by atomic mass is 9.86. The van der Waals surface area contributed by atoms with Crippen molar-refractivity contribution in [2.45, 2.75) is 51.6 Å². The molecule has 2 unspecified atom stereocenters. The molecule has 7 nitrogen and oxygen atoms in total. The fraction of sp³-hybridized carbons (Fsp3) is 0.435. The van der Waals surface area contributed by atoms with Gasteiger partial charge in [-0.1, -0.05) is 6.42 Å². The zero-order chi connectivity index (χ0) is 21.8. The van der Waals surface area contributed by atoms with Crippen LogP contribution in [0.2, 0.25) is 0 Å². The number of carbonyl (C=O) groups is 1. The summed E-state index contributed by atoms with van der Waals surface area (Å²) in [5.41, 5.74) is 5.01. The van der Waals surface area contributed by atoms with Crippen LogP contribution in [0.15, 0.2) is 36.0 Å². The first-order valence-electron chi connectivity index (χ1n) is 10.8. The standard InChI is InChI=1S/C23H29N5O2S/c1-14(2)26-20-10-22(27-17-6-7-19-21(9-17)31-13-25-19)24-11-18(20)23(30)28-16-5-3-4-15(8-16)12-29/h6-7,9-11,13-16,29H,3-5,8,12H2,1-2H3,(H,28,30)(H2,24,26,27). The summed E-state index contributed by atoms with van der Waals surface area (Å²) in [6.07, 6.45) is 5.45. The fourth-order valence-corrected chi connectivity index (χ4v) is 4.78. The highest BCUT2D eigenvalue weighted by Crippen LogP contribution is 2.27. The van der Waals surface area contributed by atoms with Gasteiger partial charge >= 0.3 is 0 Å². The van der Waals surface area contributed by atoms with Crippen LogP contribution in [0.1, 0.15) is 49.9 Å². The number of anilines is 3. The third-order valence-corrected chi connectivity index (χ3v) is 6.36. The molecule has 0 saturated heterocycles. The van der Waals surface area contributed by atoms with Crippen molar-refractivity contribution in [3.63, 3.8) is 0 Å². The molecular formula is C23H29N5O2S. The van der Waals surface area contributed by atoms with E-state index in [0.29, 0.717) is 11.4 Å². The van der Waals surface area contributed by atoms with Gasteiger partial charge in [-0.15, -0.1) is 11.3 Å². The van der Waals surface area contributed by atoms with Crippen LogP contribution in [-0.4, -0.2) is 39.7 Å². The summed E-state index contributed by atoms with van der Waals surface area (Å²) in [7, 11) is 0. The van der Waals surface area contributed by atoms with Gasteiger partial charge in [0.1, 0.15) is 5.82 Å². The Hall–Kier alpha value is -2.71. The van der Waals surface area contributed by atoms with E-state index in [1.807, 2.05) is 43.6 Å². The van der Waals surface area contributed by atoms with Crippen molar-refractivity contribution in [3.8, 4) is 0 Å². The van der Waals surface area contributed by atoms with Gasteiger partial charge in [0.05, 0.1) is 27.0 Å². The van der Waals surface area contributed by atoms with Crippen molar-refractivity contribution in [3.05, 3.63) is 41.5 Å². The highest BCUT2D eigenvalue weighted by atomic mass is 32.1. The van der Waals surface area contributed by atoms with E-state index < -0.39 is 0 Å². The molecule has 2 heterocycles. The number of amides is 1. The average Bonchev–Trinajstić information content (AvgIpc) is 3.21. The number of rotatable bonds is 7. The summed E-state index contributed by atoms with van der Waals surface area (Å²) in [5, 5.41) is 19.3. The van der Waals surface area contributed by atoms with E-state index in [0.717, 1.165) is 47.3 Å². The number of aromatic nitrogens is 2. The maximum absolute atomic E-state index is 13.0. The number of aliphatic hydroxyl groups excluding tert-OH is 1. The molecule has 0 bridgehead atoms. The Kier molecular flexibility index (Phi) is 6.67. The van der Waals surface area contributed by atoms with Gasteiger partial charge in [-0.2, -0.15) is 0 Å². The Balaban J connectivity index is 1.52. The average molecular weight is 440 g/mol. The summed E-state index contributed by atoms with van der Waals surface area (Å²) in [4.78, 5) is 21.8. The van der Waals surface area contributed by atoms with Crippen LogP contribution in [0.25, 0.3) is 10.2 Å². The van der Waals surface area contributed by atoms with Gasteiger partial charge in [0.2, 0.25) is 0 Å². The topological polar surface area (TPSA) is 99.2 Å². The van der Waals surface area contributed by atoms with E-state index >= 15 is 0 Å². The largest absolute Gasteiger partial charge is 0.396 e. The Bertz CT molecular complexity index is 1050. The van der Waals surface area contributed by atoms with E-state index in [1.54, 1.807) is 17.5 Å². The molecule has 1 aliphatic carbocycles. The minimum Gasteiger partial charge on any atom is -0.396 e. The number of pyridine rings is 1. The first-order chi connectivity index (χ1) is 15.0. The van der Waals surface area contributed by atoms with E-state index in [2.05, 4.69) is 25.9 Å². The number of nitrogens with zero attached hydrogens (tertiary/aromatic N) is 2. The highest BCUT2D eigenvalue weighted by molar-refractivity contribution is 7.16. The van der Waals surface area contributed by atoms with Gasteiger partial charge in [-0.05, 0) is 57.2 Å².